The second-order valence-corrected chi connectivity index (χ2v) is 7.33. The van der Waals surface area contributed by atoms with Crippen LogP contribution in [-0.4, -0.2) is 45.8 Å². The van der Waals surface area contributed by atoms with E-state index in [1.54, 1.807) is 0 Å². The van der Waals surface area contributed by atoms with Crippen LogP contribution in [0, 0.1) is 19.8 Å². The van der Waals surface area contributed by atoms with Gasteiger partial charge in [-0.3, -0.25) is 9.59 Å². The van der Waals surface area contributed by atoms with Gasteiger partial charge in [-0.15, -0.1) is 0 Å². The van der Waals surface area contributed by atoms with Crippen LogP contribution < -0.4 is 5.32 Å². The molecule has 0 aliphatic carbocycles. The Morgan fingerprint density at radius 3 is 2.31 bits per heavy atom. The zero-order valence-corrected chi connectivity index (χ0v) is 15.9. The third-order valence-electron chi connectivity index (χ3n) is 4.98. The molecule has 1 aliphatic heterocycles. The monoisotopic (exact) mass is 354 g/mol. The van der Waals surface area contributed by atoms with Gasteiger partial charge in [0.2, 0.25) is 5.91 Å². The van der Waals surface area contributed by atoms with Crippen LogP contribution in [0.1, 0.15) is 48.4 Å². The lowest BCUT2D eigenvalue weighted by Crippen LogP contribution is -2.47. The molecule has 2 heterocycles. The SMILES string of the molecule is Cc1nc2ccc(C(=O)N3CCC(NC(=O)C(C)C)CC3)cc2nc1C. The fraction of sp³-hybridized carbons (Fsp3) is 0.500. The standard InChI is InChI=1S/C20H26N4O2/c1-12(2)19(25)23-16-7-9-24(10-8-16)20(26)15-5-6-17-18(11-15)22-14(4)13(3)21-17/h5-6,11-12,16H,7-10H2,1-4H3,(H,23,25). The highest BCUT2D eigenvalue weighted by Gasteiger charge is 2.25. The number of hydrogen-bond donors (Lipinski definition) is 1. The first-order chi connectivity index (χ1) is 12.3. The Hall–Kier alpha value is -2.50. The lowest BCUT2D eigenvalue weighted by atomic mass is 10.0. The number of carbonyl (C=O) groups is 2. The molecule has 3 rings (SSSR count). The normalized spacial score (nSPS) is 15.5. The van der Waals surface area contributed by atoms with Crippen molar-refractivity contribution in [3.8, 4) is 0 Å². The maximum Gasteiger partial charge on any atom is 0.253 e. The molecule has 6 heteroatoms. The van der Waals surface area contributed by atoms with Gasteiger partial charge in [0.1, 0.15) is 0 Å². The summed E-state index contributed by atoms with van der Waals surface area (Å²) in [6, 6.07) is 5.66. The molecule has 138 valence electrons. The lowest BCUT2D eigenvalue weighted by Gasteiger charge is -2.32. The van der Waals surface area contributed by atoms with Gasteiger partial charge < -0.3 is 10.2 Å². The number of aryl methyl sites for hydroxylation is 2. The van der Waals surface area contributed by atoms with Gasteiger partial charge in [0, 0.05) is 30.6 Å². The highest BCUT2D eigenvalue weighted by molar-refractivity contribution is 5.97. The molecule has 1 N–H and O–H groups in total. The Kier molecular flexibility index (Phi) is 5.20. The van der Waals surface area contributed by atoms with Crippen molar-refractivity contribution in [3.63, 3.8) is 0 Å². The molecule has 1 saturated heterocycles. The molecule has 2 aromatic rings. The topological polar surface area (TPSA) is 75.2 Å². The number of fused-ring (bicyclic) bond motifs is 1. The summed E-state index contributed by atoms with van der Waals surface area (Å²) >= 11 is 0. The Morgan fingerprint density at radius 1 is 1.08 bits per heavy atom. The van der Waals surface area contributed by atoms with Crippen molar-refractivity contribution < 1.29 is 9.59 Å². The van der Waals surface area contributed by atoms with Gasteiger partial charge in [0.25, 0.3) is 5.91 Å². The van der Waals surface area contributed by atoms with Gasteiger partial charge in [-0.1, -0.05) is 13.8 Å². The predicted molar refractivity (Wildman–Crippen MR) is 101 cm³/mol. The summed E-state index contributed by atoms with van der Waals surface area (Å²) in [7, 11) is 0. The molecule has 0 bridgehead atoms. The molecule has 0 saturated carbocycles. The van der Waals surface area contributed by atoms with Crippen LogP contribution in [0.4, 0.5) is 0 Å². The van der Waals surface area contributed by atoms with Crippen LogP contribution in [0.15, 0.2) is 18.2 Å². The van der Waals surface area contributed by atoms with Gasteiger partial charge in [-0.05, 0) is 44.9 Å². The van der Waals surface area contributed by atoms with E-state index >= 15 is 0 Å². The van der Waals surface area contributed by atoms with Crippen LogP contribution in [0.3, 0.4) is 0 Å². The molecule has 6 nitrogen and oxygen atoms in total. The minimum Gasteiger partial charge on any atom is -0.353 e. The number of nitrogens with zero attached hydrogens (tertiary/aromatic N) is 3. The first-order valence-corrected chi connectivity index (χ1v) is 9.20. The number of rotatable bonds is 3. The van der Waals surface area contributed by atoms with Crippen molar-refractivity contribution in [2.45, 2.75) is 46.6 Å². The average molecular weight is 354 g/mol. The van der Waals surface area contributed by atoms with Gasteiger partial charge in [-0.25, -0.2) is 9.97 Å². The minimum atomic E-state index is -0.0135. The van der Waals surface area contributed by atoms with E-state index in [-0.39, 0.29) is 23.8 Å². The zero-order chi connectivity index (χ0) is 18.8. The number of benzene rings is 1. The van der Waals surface area contributed by atoms with Crippen molar-refractivity contribution in [1.29, 1.82) is 0 Å². The van der Waals surface area contributed by atoms with Crippen LogP contribution in [0.2, 0.25) is 0 Å². The molecule has 0 radical (unpaired) electrons. The number of likely N-dealkylation sites (tertiary alicyclic amines) is 1. The summed E-state index contributed by atoms with van der Waals surface area (Å²) in [5, 5.41) is 3.06. The summed E-state index contributed by atoms with van der Waals surface area (Å²) in [5.74, 6) is 0.0783. The van der Waals surface area contributed by atoms with Crippen LogP contribution in [0.25, 0.3) is 11.0 Å². The van der Waals surface area contributed by atoms with Gasteiger partial charge in [0.05, 0.1) is 22.4 Å². The van der Waals surface area contributed by atoms with Crippen LogP contribution in [0.5, 0.6) is 0 Å². The molecule has 2 amide bonds. The van der Waals surface area contributed by atoms with E-state index in [2.05, 4.69) is 15.3 Å². The minimum absolute atomic E-state index is 0.0135. The predicted octanol–water partition coefficient (Wildman–Crippen LogP) is 2.62. The maximum absolute atomic E-state index is 12.8. The quantitative estimate of drug-likeness (QED) is 0.919. The van der Waals surface area contributed by atoms with E-state index in [0.29, 0.717) is 18.7 Å². The van der Waals surface area contributed by atoms with Gasteiger partial charge in [-0.2, -0.15) is 0 Å². The molecule has 0 atom stereocenters. The number of aromatic nitrogens is 2. The number of hydrogen-bond acceptors (Lipinski definition) is 4. The van der Waals surface area contributed by atoms with Crippen molar-refractivity contribution in [3.05, 3.63) is 35.2 Å². The smallest absolute Gasteiger partial charge is 0.253 e. The summed E-state index contributed by atoms with van der Waals surface area (Å²) < 4.78 is 0. The maximum atomic E-state index is 12.8. The summed E-state index contributed by atoms with van der Waals surface area (Å²) in [4.78, 5) is 35.6. The molecule has 0 spiro atoms. The summed E-state index contributed by atoms with van der Waals surface area (Å²) in [6.07, 6.45) is 1.58. The van der Waals surface area contributed by atoms with Crippen molar-refractivity contribution >= 4 is 22.8 Å². The van der Waals surface area contributed by atoms with Crippen molar-refractivity contribution in [2.24, 2.45) is 5.92 Å². The fourth-order valence-corrected chi connectivity index (χ4v) is 3.14. The number of nitrogens with one attached hydrogen (secondary N) is 1. The molecule has 26 heavy (non-hydrogen) atoms. The Morgan fingerprint density at radius 2 is 1.69 bits per heavy atom. The zero-order valence-electron chi connectivity index (χ0n) is 15.9. The van der Waals surface area contributed by atoms with E-state index in [9.17, 15) is 9.59 Å². The largest absolute Gasteiger partial charge is 0.353 e. The summed E-state index contributed by atoms with van der Waals surface area (Å²) in [6.45, 7) is 8.94. The third-order valence-corrected chi connectivity index (χ3v) is 4.98. The van der Waals surface area contributed by atoms with E-state index < -0.39 is 0 Å². The highest BCUT2D eigenvalue weighted by atomic mass is 16.2. The van der Waals surface area contributed by atoms with Gasteiger partial charge >= 0.3 is 0 Å². The van der Waals surface area contributed by atoms with E-state index in [1.807, 2.05) is 50.8 Å². The fourth-order valence-electron chi connectivity index (χ4n) is 3.14. The second-order valence-electron chi connectivity index (χ2n) is 7.33. The van der Waals surface area contributed by atoms with Crippen molar-refractivity contribution in [2.75, 3.05) is 13.1 Å². The molecular weight excluding hydrogens is 328 g/mol. The van der Waals surface area contributed by atoms with E-state index in [1.165, 1.54) is 0 Å². The van der Waals surface area contributed by atoms with Crippen molar-refractivity contribution in [1.82, 2.24) is 20.2 Å². The molecule has 1 aromatic heterocycles. The number of amides is 2. The lowest BCUT2D eigenvalue weighted by molar-refractivity contribution is -0.124. The second kappa shape index (κ2) is 7.40. The van der Waals surface area contributed by atoms with Crippen LogP contribution >= 0.6 is 0 Å². The van der Waals surface area contributed by atoms with Gasteiger partial charge in [0.15, 0.2) is 0 Å². The number of carbonyl (C=O) groups excluding carboxylic acids is 2. The van der Waals surface area contributed by atoms with Crippen LogP contribution in [-0.2, 0) is 4.79 Å². The first-order valence-electron chi connectivity index (χ1n) is 9.20. The number of piperidine rings is 1. The highest BCUT2D eigenvalue weighted by Crippen LogP contribution is 2.18. The molecular formula is C20H26N4O2. The molecule has 1 aliphatic rings. The Bertz CT molecular complexity index is 839. The molecule has 1 aromatic carbocycles. The first kappa shape index (κ1) is 18.3. The van der Waals surface area contributed by atoms with E-state index in [4.69, 9.17) is 0 Å². The van der Waals surface area contributed by atoms with E-state index in [0.717, 1.165) is 35.3 Å². The Balaban J connectivity index is 1.68. The average Bonchev–Trinajstić information content (AvgIpc) is 2.62. The summed E-state index contributed by atoms with van der Waals surface area (Å²) in [5.41, 5.74) is 3.98. The molecule has 0 unspecified atom stereocenters. The Labute approximate surface area is 154 Å². The molecule has 1 fully saturated rings. The third kappa shape index (κ3) is 3.84.